The molecular formula is C15H14N2O2. The molecule has 2 aromatic carbocycles. The third-order valence-corrected chi connectivity index (χ3v) is 3.60. The van der Waals surface area contributed by atoms with Crippen LogP contribution in [-0.2, 0) is 6.42 Å². The molecule has 4 heteroatoms. The standard InChI is InChI=1S/C15H14N2O2/c1-16(2)14-8-7-12-11-6-4-3-5-10(11)9-13(12)15(14)17(18)19/h3-8H,9H2,1-2H3. The molecule has 96 valence electrons. The fourth-order valence-electron chi connectivity index (χ4n) is 2.75. The maximum absolute atomic E-state index is 11.4. The molecule has 0 aliphatic heterocycles. The Morgan fingerprint density at radius 2 is 1.84 bits per heavy atom. The van der Waals surface area contributed by atoms with E-state index in [-0.39, 0.29) is 10.6 Å². The summed E-state index contributed by atoms with van der Waals surface area (Å²) in [6, 6.07) is 11.8. The molecule has 4 nitrogen and oxygen atoms in total. The van der Waals surface area contributed by atoms with Crippen molar-refractivity contribution in [1.82, 2.24) is 0 Å². The summed E-state index contributed by atoms with van der Waals surface area (Å²) in [5.74, 6) is 0. The highest BCUT2D eigenvalue weighted by atomic mass is 16.6. The number of nitro benzene ring substituents is 1. The molecule has 0 N–H and O–H groups in total. The van der Waals surface area contributed by atoms with Gasteiger partial charge in [-0.2, -0.15) is 0 Å². The monoisotopic (exact) mass is 254 g/mol. The number of nitrogens with zero attached hydrogens (tertiary/aromatic N) is 2. The Bertz CT molecular complexity index is 678. The van der Waals surface area contributed by atoms with Crippen LogP contribution in [0.2, 0.25) is 0 Å². The smallest absolute Gasteiger partial charge is 0.296 e. The molecular weight excluding hydrogens is 240 g/mol. The molecule has 0 aromatic heterocycles. The first kappa shape index (κ1) is 11.7. The number of hydrogen-bond acceptors (Lipinski definition) is 3. The van der Waals surface area contributed by atoms with Gasteiger partial charge < -0.3 is 4.90 Å². The number of nitro groups is 1. The van der Waals surface area contributed by atoms with Gasteiger partial charge in [0, 0.05) is 26.1 Å². The van der Waals surface area contributed by atoms with Crippen molar-refractivity contribution < 1.29 is 4.92 Å². The van der Waals surface area contributed by atoms with Gasteiger partial charge >= 0.3 is 0 Å². The molecule has 3 rings (SSSR count). The number of fused-ring (bicyclic) bond motifs is 3. The molecule has 0 atom stereocenters. The molecule has 0 fully saturated rings. The van der Waals surface area contributed by atoms with E-state index in [0.717, 1.165) is 22.3 Å². The van der Waals surface area contributed by atoms with Gasteiger partial charge in [-0.25, -0.2) is 0 Å². The quantitative estimate of drug-likeness (QED) is 0.521. The maximum atomic E-state index is 11.4. The van der Waals surface area contributed by atoms with Crippen molar-refractivity contribution in [1.29, 1.82) is 0 Å². The van der Waals surface area contributed by atoms with E-state index in [1.165, 1.54) is 0 Å². The van der Waals surface area contributed by atoms with Crippen LogP contribution in [0, 0.1) is 10.1 Å². The van der Waals surface area contributed by atoms with Gasteiger partial charge in [-0.3, -0.25) is 10.1 Å². The Kier molecular flexibility index (Phi) is 2.52. The van der Waals surface area contributed by atoms with E-state index < -0.39 is 0 Å². The van der Waals surface area contributed by atoms with Gasteiger partial charge in [-0.05, 0) is 22.8 Å². The van der Waals surface area contributed by atoms with E-state index in [1.54, 1.807) is 4.90 Å². The molecule has 0 spiro atoms. The number of rotatable bonds is 2. The van der Waals surface area contributed by atoms with Crippen LogP contribution in [0.15, 0.2) is 36.4 Å². The zero-order valence-electron chi connectivity index (χ0n) is 10.9. The highest BCUT2D eigenvalue weighted by Crippen LogP contribution is 2.44. The lowest BCUT2D eigenvalue weighted by atomic mass is 10.0. The summed E-state index contributed by atoms with van der Waals surface area (Å²) in [4.78, 5) is 12.9. The first-order valence-corrected chi connectivity index (χ1v) is 6.15. The molecule has 0 bridgehead atoms. The molecule has 1 aliphatic carbocycles. The maximum Gasteiger partial charge on any atom is 0.296 e. The molecule has 19 heavy (non-hydrogen) atoms. The largest absolute Gasteiger partial charge is 0.372 e. The lowest BCUT2D eigenvalue weighted by Gasteiger charge is -2.14. The third-order valence-electron chi connectivity index (χ3n) is 3.60. The summed E-state index contributed by atoms with van der Waals surface area (Å²) in [6.07, 6.45) is 0.642. The minimum atomic E-state index is -0.264. The predicted octanol–water partition coefficient (Wildman–Crippen LogP) is 3.23. The normalized spacial score (nSPS) is 11.9. The van der Waals surface area contributed by atoms with Gasteiger partial charge in [-0.1, -0.05) is 30.3 Å². The summed E-state index contributed by atoms with van der Waals surface area (Å²) in [5, 5.41) is 11.4. The van der Waals surface area contributed by atoms with E-state index in [2.05, 4.69) is 0 Å². The molecule has 0 amide bonds. The summed E-state index contributed by atoms with van der Waals surface area (Å²) < 4.78 is 0. The van der Waals surface area contributed by atoms with Crippen molar-refractivity contribution in [2.24, 2.45) is 0 Å². The fraction of sp³-hybridized carbons (Fsp3) is 0.200. The van der Waals surface area contributed by atoms with Crippen molar-refractivity contribution in [2.45, 2.75) is 6.42 Å². The minimum absolute atomic E-state index is 0.235. The molecule has 1 aliphatic rings. The SMILES string of the molecule is CN(C)c1ccc2c(c1[N+](=O)[O-])Cc1ccccc1-2. The molecule has 0 heterocycles. The molecule has 0 saturated heterocycles. The number of hydrogen-bond donors (Lipinski definition) is 0. The molecule has 0 unspecified atom stereocenters. The van der Waals surface area contributed by atoms with Crippen molar-refractivity contribution >= 4 is 11.4 Å². The van der Waals surface area contributed by atoms with Gasteiger partial charge in [0.05, 0.1) is 4.92 Å². The summed E-state index contributed by atoms with van der Waals surface area (Å²) >= 11 is 0. The highest BCUT2D eigenvalue weighted by molar-refractivity contribution is 5.85. The van der Waals surface area contributed by atoms with Crippen molar-refractivity contribution in [3.8, 4) is 11.1 Å². The average Bonchev–Trinajstić information content (AvgIpc) is 2.75. The van der Waals surface area contributed by atoms with E-state index in [4.69, 9.17) is 0 Å². The minimum Gasteiger partial charge on any atom is -0.372 e. The second-order valence-corrected chi connectivity index (χ2v) is 4.94. The number of benzene rings is 2. The Hall–Kier alpha value is -2.36. The summed E-state index contributed by atoms with van der Waals surface area (Å²) in [5.41, 5.74) is 5.00. The molecule has 0 saturated carbocycles. The van der Waals surface area contributed by atoms with Gasteiger partial charge in [-0.15, -0.1) is 0 Å². The Balaban J connectivity index is 2.28. The molecule has 2 aromatic rings. The van der Waals surface area contributed by atoms with E-state index in [9.17, 15) is 10.1 Å². The Morgan fingerprint density at radius 3 is 2.53 bits per heavy atom. The third kappa shape index (κ3) is 1.68. The van der Waals surface area contributed by atoms with E-state index in [0.29, 0.717) is 12.1 Å². The van der Waals surface area contributed by atoms with Crippen LogP contribution in [-0.4, -0.2) is 19.0 Å². The predicted molar refractivity (Wildman–Crippen MR) is 75.7 cm³/mol. The van der Waals surface area contributed by atoms with Crippen molar-refractivity contribution in [2.75, 3.05) is 19.0 Å². The average molecular weight is 254 g/mol. The van der Waals surface area contributed by atoms with Crippen LogP contribution in [0.25, 0.3) is 11.1 Å². The van der Waals surface area contributed by atoms with Crippen LogP contribution < -0.4 is 4.90 Å². The topological polar surface area (TPSA) is 46.4 Å². The van der Waals surface area contributed by atoms with Crippen LogP contribution >= 0.6 is 0 Å². The van der Waals surface area contributed by atoms with Crippen LogP contribution in [0.3, 0.4) is 0 Å². The lowest BCUT2D eigenvalue weighted by Crippen LogP contribution is -2.12. The van der Waals surface area contributed by atoms with Gasteiger partial charge in [0.1, 0.15) is 5.69 Å². The number of anilines is 1. The van der Waals surface area contributed by atoms with Gasteiger partial charge in [0.25, 0.3) is 5.69 Å². The van der Waals surface area contributed by atoms with Crippen LogP contribution in [0.5, 0.6) is 0 Å². The highest BCUT2D eigenvalue weighted by Gasteiger charge is 2.29. The first-order chi connectivity index (χ1) is 9.09. The second kappa shape index (κ2) is 4.09. The first-order valence-electron chi connectivity index (χ1n) is 6.15. The fourth-order valence-corrected chi connectivity index (χ4v) is 2.75. The van der Waals surface area contributed by atoms with Crippen LogP contribution in [0.1, 0.15) is 11.1 Å². The second-order valence-electron chi connectivity index (χ2n) is 4.94. The summed E-state index contributed by atoms with van der Waals surface area (Å²) in [7, 11) is 3.66. The zero-order chi connectivity index (χ0) is 13.6. The van der Waals surface area contributed by atoms with Crippen LogP contribution in [0.4, 0.5) is 11.4 Å². The van der Waals surface area contributed by atoms with Gasteiger partial charge in [0.2, 0.25) is 0 Å². The van der Waals surface area contributed by atoms with E-state index in [1.807, 2.05) is 50.5 Å². The van der Waals surface area contributed by atoms with Gasteiger partial charge in [0.15, 0.2) is 0 Å². The zero-order valence-corrected chi connectivity index (χ0v) is 10.9. The van der Waals surface area contributed by atoms with Crippen molar-refractivity contribution in [3.63, 3.8) is 0 Å². The summed E-state index contributed by atoms with van der Waals surface area (Å²) in [6.45, 7) is 0. The van der Waals surface area contributed by atoms with E-state index >= 15 is 0 Å². The van der Waals surface area contributed by atoms with Crippen molar-refractivity contribution in [3.05, 3.63) is 57.6 Å². The lowest BCUT2D eigenvalue weighted by molar-refractivity contribution is -0.384. The Morgan fingerprint density at radius 1 is 1.11 bits per heavy atom. The Labute approximate surface area is 111 Å². The molecule has 0 radical (unpaired) electrons.